The molecule has 1 N–H and O–H groups in total. The van der Waals surface area contributed by atoms with E-state index in [9.17, 15) is 13.5 Å². The molecule has 0 radical (unpaired) electrons. The Hall–Kier alpha value is -0.810. The van der Waals surface area contributed by atoms with Crippen LogP contribution in [0.15, 0.2) is 16.7 Å². The number of furan rings is 1. The van der Waals surface area contributed by atoms with Crippen molar-refractivity contribution in [2.75, 3.05) is 12.0 Å². The molecular formula is C10H16O4S. The molecule has 15 heavy (non-hydrogen) atoms. The normalized spacial score (nSPS) is 14.1. The van der Waals surface area contributed by atoms with Crippen LogP contribution in [0.2, 0.25) is 0 Å². The van der Waals surface area contributed by atoms with E-state index in [0.29, 0.717) is 18.4 Å². The van der Waals surface area contributed by atoms with Gasteiger partial charge < -0.3 is 9.52 Å². The summed E-state index contributed by atoms with van der Waals surface area (Å²) in [6.07, 6.45) is 2.96. The fourth-order valence-corrected chi connectivity index (χ4v) is 2.04. The number of rotatable bonds is 5. The van der Waals surface area contributed by atoms with Gasteiger partial charge in [-0.2, -0.15) is 0 Å². The maximum atomic E-state index is 10.9. The summed E-state index contributed by atoms with van der Waals surface area (Å²) in [7, 11) is -2.93. The van der Waals surface area contributed by atoms with E-state index in [1.54, 1.807) is 13.0 Å². The molecule has 0 aliphatic rings. The SMILES string of the molecule is Cc1cc(C(O)CCCS(C)(=O)=O)co1. The number of sulfone groups is 1. The summed E-state index contributed by atoms with van der Waals surface area (Å²) in [5, 5.41) is 9.68. The molecule has 1 rings (SSSR count). The Morgan fingerprint density at radius 1 is 1.53 bits per heavy atom. The van der Waals surface area contributed by atoms with Crippen LogP contribution in [0.3, 0.4) is 0 Å². The first-order valence-electron chi connectivity index (χ1n) is 4.79. The van der Waals surface area contributed by atoms with E-state index in [1.165, 1.54) is 12.5 Å². The first-order valence-corrected chi connectivity index (χ1v) is 6.85. The van der Waals surface area contributed by atoms with Crippen molar-refractivity contribution in [1.82, 2.24) is 0 Å². The molecule has 1 atom stereocenters. The molecule has 0 aliphatic carbocycles. The van der Waals surface area contributed by atoms with Gasteiger partial charge in [0, 0.05) is 17.6 Å². The molecule has 0 spiro atoms. The van der Waals surface area contributed by atoms with Gasteiger partial charge >= 0.3 is 0 Å². The van der Waals surface area contributed by atoms with E-state index in [0.717, 1.165) is 5.76 Å². The molecule has 0 bridgehead atoms. The van der Waals surface area contributed by atoms with Crippen LogP contribution in [-0.4, -0.2) is 25.5 Å². The van der Waals surface area contributed by atoms with Gasteiger partial charge in [0.2, 0.25) is 0 Å². The quantitative estimate of drug-likeness (QED) is 0.834. The maximum absolute atomic E-state index is 10.9. The van der Waals surface area contributed by atoms with E-state index in [1.807, 2.05) is 0 Å². The zero-order chi connectivity index (χ0) is 11.5. The van der Waals surface area contributed by atoms with E-state index >= 15 is 0 Å². The molecule has 0 amide bonds. The molecular weight excluding hydrogens is 216 g/mol. The third kappa shape index (κ3) is 4.48. The Bertz CT molecular complexity index is 405. The van der Waals surface area contributed by atoms with Gasteiger partial charge in [-0.3, -0.25) is 0 Å². The Morgan fingerprint density at radius 2 is 2.20 bits per heavy atom. The predicted molar refractivity (Wildman–Crippen MR) is 57.3 cm³/mol. The number of aryl methyl sites for hydroxylation is 1. The molecule has 1 heterocycles. The van der Waals surface area contributed by atoms with Crippen molar-refractivity contribution in [3.05, 3.63) is 23.7 Å². The number of hydrogen-bond acceptors (Lipinski definition) is 4. The Kier molecular flexibility index (Phi) is 3.93. The van der Waals surface area contributed by atoms with Gasteiger partial charge in [-0.25, -0.2) is 8.42 Å². The highest BCUT2D eigenvalue weighted by Gasteiger charge is 2.11. The van der Waals surface area contributed by atoms with E-state index < -0.39 is 15.9 Å². The van der Waals surface area contributed by atoms with Gasteiger partial charge in [0.25, 0.3) is 0 Å². The minimum atomic E-state index is -2.93. The summed E-state index contributed by atoms with van der Waals surface area (Å²) in [5.74, 6) is 0.855. The zero-order valence-corrected chi connectivity index (χ0v) is 9.75. The fraction of sp³-hybridized carbons (Fsp3) is 0.600. The lowest BCUT2D eigenvalue weighted by Crippen LogP contribution is -2.05. The average Bonchev–Trinajstić information content (AvgIpc) is 2.49. The highest BCUT2D eigenvalue weighted by molar-refractivity contribution is 7.90. The molecule has 86 valence electrons. The van der Waals surface area contributed by atoms with Crippen molar-refractivity contribution < 1.29 is 17.9 Å². The van der Waals surface area contributed by atoms with Crippen LogP contribution < -0.4 is 0 Å². The molecule has 1 aromatic rings. The van der Waals surface area contributed by atoms with Crippen LogP contribution in [0.4, 0.5) is 0 Å². The van der Waals surface area contributed by atoms with E-state index in [-0.39, 0.29) is 5.75 Å². The monoisotopic (exact) mass is 232 g/mol. The molecule has 0 saturated heterocycles. The van der Waals surface area contributed by atoms with Gasteiger partial charge in [0.15, 0.2) is 0 Å². The predicted octanol–water partition coefficient (Wildman–Crippen LogP) is 1.45. The second-order valence-electron chi connectivity index (χ2n) is 3.78. The fourth-order valence-electron chi connectivity index (χ4n) is 1.34. The molecule has 4 nitrogen and oxygen atoms in total. The molecule has 1 aromatic heterocycles. The van der Waals surface area contributed by atoms with Crippen LogP contribution in [0.5, 0.6) is 0 Å². The summed E-state index contributed by atoms with van der Waals surface area (Å²) in [4.78, 5) is 0. The molecule has 0 fully saturated rings. The van der Waals surface area contributed by atoms with Crippen molar-refractivity contribution in [1.29, 1.82) is 0 Å². The molecule has 0 aliphatic heterocycles. The Morgan fingerprint density at radius 3 is 2.67 bits per heavy atom. The summed E-state index contributed by atoms with van der Waals surface area (Å²) >= 11 is 0. The van der Waals surface area contributed by atoms with Crippen LogP contribution in [-0.2, 0) is 9.84 Å². The van der Waals surface area contributed by atoms with Gasteiger partial charge in [-0.05, 0) is 25.8 Å². The van der Waals surface area contributed by atoms with Crippen molar-refractivity contribution in [3.63, 3.8) is 0 Å². The van der Waals surface area contributed by atoms with Gasteiger partial charge in [0.05, 0.1) is 12.4 Å². The zero-order valence-electron chi connectivity index (χ0n) is 8.93. The van der Waals surface area contributed by atoms with Crippen molar-refractivity contribution in [3.8, 4) is 0 Å². The van der Waals surface area contributed by atoms with Crippen LogP contribution in [0, 0.1) is 6.92 Å². The van der Waals surface area contributed by atoms with E-state index in [2.05, 4.69) is 0 Å². The Labute approximate surface area is 89.8 Å². The highest BCUT2D eigenvalue weighted by Crippen LogP contribution is 2.20. The third-order valence-corrected chi connectivity index (χ3v) is 3.16. The minimum absolute atomic E-state index is 0.112. The van der Waals surface area contributed by atoms with Crippen LogP contribution in [0.25, 0.3) is 0 Å². The summed E-state index contributed by atoms with van der Waals surface area (Å²) in [6, 6.07) is 1.76. The van der Waals surface area contributed by atoms with Gasteiger partial charge in [-0.1, -0.05) is 0 Å². The van der Waals surface area contributed by atoms with Gasteiger partial charge in [-0.15, -0.1) is 0 Å². The largest absolute Gasteiger partial charge is 0.469 e. The van der Waals surface area contributed by atoms with Crippen molar-refractivity contribution >= 4 is 9.84 Å². The van der Waals surface area contributed by atoms with Crippen molar-refractivity contribution in [2.24, 2.45) is 0 Å². The minimum Gasteiger partial charge on any atom is -0.469 e. The maximum Gasteiger partial charge on any atom is 0.147 e. The second kappa shape index (κ2) is 4.81. The highest BCUT2D eigenvalue weighted by atomic mass is 32.2. The lowest BCUT2D eigenvalue weighted by molar-refractivity contribution is 0.166. The first kappa shape index (κ1) is 12.3. The van der Waals surface area contributed by atoms with E-state index in [4.69, 9.17) is 4.42 Å². The summed E-state index contributed by atoms with van der Waals surface area (Å²) in [5.41, 5.74) is 0.709. The summed E-state index contributed by atoms with van der Waals surface area (Å²) < 4.78 is 26.8. The first-order chi connectivity index (χ1) is 6.88. The standard InChI is InChI=1S/C10H16O4S/c1-8-6-9(7-14-8)10(11)4-3-5-15(2,12)13/h6-7,10-11H,3-5H2,1-2H3. The van der Waals surface area contributed by atoms with Crippen molar-refractivity contribution in [2.45, 2.75) is 25.9 Å². The summed E-state index contributed by atoms with van der Waals surface area (Å²) in [6.45, 7) is 1.80. The smallest absolute Gasteiger partial charge is 0.147 e. The van der Waals surface area contributed by atoms with Crippen LogP contribution in [0.1, 0.15) is 30.3 Å². The Balaban J connectivity index is 2.40. The number of aliphatic hydroxyl groups excluding tert-OH is 1. The molecule has 1 unspecified atom stereocenters. The molecule has 0 aromatic carbocycles. The third-order valence-electron chi connectivity index (χ3n) is 2.13. The van der Waals surface area contributed by atoms with Crippen LogP contribution >= 0.6 is 0 Å². The second-order valence-corrected chi connectivity index (χ2v) is 6.04. The average molecular weight is 232 g/mol. The lowest BCUT2D eigenvalue weighted by atomic mass is 10.1. The number of hydrogen-bond donors (Lipinski definition) is 1. The molecule has 5 heteroatoms. The van der Waals surface area contributed by atoms with Gasteiger partial charge in [0.1, 0.15) is 15.6 Å². The lowest BCUT2D eigenvalue weighted by Gasteiger charge is -2.06. The number of aliphatic hydroxyl groups is 1. The molecule has 0 saturated carbocycles. The topological polar surface area (TPSA) is 67.5 Å².